The lowest BCUT2D eigenvalue weighted by atomic mass is 10.0. The molecule has 1 atom stereocenters. The Kier molecular flexibility index (Phi) is 9.77. The van der Waals surface area contributed by atoms with Gasteiger partial charge in [0.2, 0.25) is 6.33 Å². The van der Waals surface area contributed by atoms with E-state index in [1.165, 1.54) is 10.4 Å². The fourth-order valence-electron chi connectivity index (χ4n) is 6.77. The number of anilines is 1. The highest BCUT2D eigenvalue weighted by molar-refractivity contribution is 6.99. The van der Waals surface area contributed by atoms with Crippen molar-refractivity contribution in [1.29, 1.82) is 0 Å². The van der Waals surface area contributed by atoms with E-state index in [9.17, 15) is 5.11 Å². The molecule has 0 aliphatic carbocycles. The molecule has 0 unspecified atom stereocenters. The number of fused-ring (bicyclic) bond motifs is 2. The molecule has 47 heavy (non-hydrogen) atoms. The van der Waals surface area contributed by atoms with Gasteiger partial charge in [0.15, 0.2) is 5.82 Å². The Morgan fingerprint density at radius 1 is 0.894 bits per heavy atom. The van der Waals surface area contributed by atoms with Crippen LogP contribution in [-0.4, -0.2) is 50.8 Å². The van der Waals surface area contributed by atoms with Crippen molar-refractivity contribution in [1.82, 2.24) is 24.7 Å². The van der Waals surface area contributed by atoms with Crippen LogP contribution in [0.1, 0.15) is 58.1 Å². The molecule has 2 N–H and O–H groups in total. The van der Waals surface area contributed by atoms with Crippen molar-refractivity contribution < 1.29 is 9.53 Å². The van der Waals surface area contributed by atoms with Crippen molar-refractivity contribution in [2.75, 3.05) is 11.9 Å². The van der Waals surface area contributed by atoms with Crippen LogP contribution in [0.5, 0.6) is 0 Å². The van der Waals surface area contributed by atoms with E-state index in [0.29, 0.717) is 19.0 Å². The number of nitrogens with one attached hydrogen (secondary N) is 1. The summed E-state index contributed by atoms with van der Waals surface area (Å²) in [5.41, 5.74) is 4.26. The van der Waals surface area contributed by atoms with E-state index in [1.807, 2.05) is 28.9 Å². The summed E-state index contributed by atoms with van der Waals surface area (Å²) in [7, 11) is -2.64. The molecule has 0 bridgehead atoms. The number of hydrogen-bond acceptors (Lipinski definition) is 7. The van der Waals surface area contributed by atoms with Crippen LogP contribution in [0.2, 0.25) is 5.04 Å². The van der Waals surface area contributed by atoms with Gasteiger partial charge in [0.1, 0.15) is 11.0 Å². The Hall–Kier alpha value is -4.44. The number of aromatic nitrogens is 5. The molecule has 3 heterocycles. The first-order chi connectivity index (χ1) is 22.9. The second-order valence-corrected chi connectivity index (χ2v) is 17.4. The predicted octanol–water partition coefficient (Wildman–Crippen LogP) is 6.26. The molecule has 9 heteroatoms. The van der Waals surface area contributed by atoms with Crippen molar-refractivity contribution in [2.24, 2.45) is 0 Å². The topological polar surface area (TPSA) is 98.0 Å². The summed E-state index contributed by atoms with van der Waals surface area (Å²) in [5.74, 6) is 0.709. The van der Waals surface area contributed by atoms with Crippen LogP contribution in [0, 0.1) is 6.33 Å². The van der Waals surface area contributed by atoms with E-state index in [1.54, 1.807) is 12.4 Å². The summed E-state index contributed by atoms with van der Waals surface area (Å²) in [6, 6.07) is 29.5. The van der Waals surface area contributed by atoms with Gasteiger partial charge in [-0.1, -0.05) is 113 Å². The van der Waals surface area contributed by atoms with Crippen LogP contribution >= 0.6 is 0 Å². The van der Waals surface area contributed by atoms with Crippen LogP contribution in [0.15, 0.2) is 97.3 Å². The molecule has 1 radical (unpaired) electrons. The number of aliphatic hydroxyl groups is 1. The van der Waals surface area contributed by atoms with Crippen molar-refractivity contribution in [3.63, 3.8) is 0 Å². The summed E-state index contributed by atoms with van der Waals surface area (Å²) in [6.45, 7) is 10.2. The van der Waals surface area contributed by atoms with Gasteiger partial charge >= 0.3 is 0 Å². The molecule has 0 saturated heterocycles. The lowest BCUT2D eigenvalue weighted by Crippen LogP contribution is -2.66. The summed E-state index contributed by atoms with van der Waals surface area (Å²) >= 11 is 0. The highest BCUT2D eigenvalue weighted by atomic mass is 28.4. The number of hydrogen-bond donors (Lipinski definition) is 2. The van der Waals surface area contributed by atoms with Crippen molar-refractivity contribution in [3.8, 4) is 0 Å². The average molecular weight is 644 g/mol. The van der Waals surface area contributed by atoms with Gasteiger partial charge in [0, 0.05) is 24.2 Å². The van der Waals surface area contributed by atoms with E-state index in [2.05, 4.69) is 115 Å². The molecule has 6 aromatic rings. The zero-order valence-corrected chi connectivity index (χ0v) is 28.6. The minimum Gasteiger partial charge on any atom is -0.407 e. The van der Waals surface area contributed by atoms with Crippen molar-refractivity contribution in [3.05, 3.63) is 115 Å². The Labute approximate surface area is 278 Å². The van der Waals surface area contributed by atoms with E-state index in [-0.39, 0.29) is 17.7 Å². The molecule has 0 aliphatic rings. The third-order valence-corrected chi connectivity index (χ3v) is 14.0. The van der Waals surface area contributed by atoms with E-state index in [4.69, 9.17) is 9.52 Å². The number of nitrogens with zero attached hydrogens (tertiary/aromatic N) is 5. The van der Waals surface area contributed by atoms with Gasteiger partial charge in [-0.25, -0.2) is 9.97 Å². The number of pyridine rings is 1. The summed E-state index contributed by atoms with van der Waals surface area (Å²) in [4.78, 5) is 13.6. The minimum absolute atomic E-state index is 0.0382. The number of rotatable bonds is 13. The fraction of sp³-hybridized carbons (Fsp3) is 0.316. The quantitative estimate of drug-likeness (QED) is 0.143. The van der Waals surface area contributed by atoms with Crippen LogP contribution < -0.4 is 15.7 Å². The Balaban J connectivity index is 1.28. The van der Waals surface area contributed by atoms with Gasteiger partial charge in [0.05, 0.1) is 24.9 Å². The molecule has 0 saturated carbocycles. The Bertz CT molecular complexity index is 1880. The zero-order chi connectivity index (χ0) is 32.9. The van der Waals surface area contributed by atoms with Crippen LogP contribution in [-0.2, 0) is 17.6 Å². The summed E-state index contributed by atoms with van der Waals surface area (Å²) in [6.07, 6.45) is 9.17. The summed E-state index contributed by atoms with van der Waals surface area (Å²) in [5, 5.41) is 21.7. The molecule has 0 amide bonds. The van der Waals surface area contributed by atoms with Gasteiger partial charge in [-0.05, 0) is 45.4 Å². The third kappa shape index (κ3) is 6.56. The molecule has 0 fully saturated rings. The minimum atomic E-state index is -2.64. The molecular formula is C38H43N6O2Si. The maximum Gasteiger partial charge on any atom is 0.261 e. The van der Waals surface area contributed by atoms with Crippen molar-refractivity contribution >= 4 is 46.4 Å². The number of benzene rings is 3. The average Bonchev–Trinajstić information content (AvgIpc) is 3.50. The van der Waals surface area contributed by atoms with E-state index in [0.717, 1.165) is 52.3 Å². The van der Waals surface area contributed by atoms with E-state index < -0.39 is 8.32 Å². The first-order valence-corrected chi connectivity index (χ1v) is 18.3. The normalized spacial score (nSPS) is 12.9. The molecule has 6 rings (SSSR count). The van der Waals surface area contributed by atoms with Crippen LogP contribution in [0.25, 0.3) is 21.9 Å². The van der Waals surface area contributed by atoms with Gasteiger partial charge in [-0.2, -0.15) is 5.10 Å². The molecule has 0 aliphatic heterocycles. The smallest absolute Gasteiger partial charge is 0.261 e. The lowest BCUT2D eigenvalue weighted by molar-refractivity contribution is 0.281. The Morgan fingerprint density at radius 3 is 2.26 bits per heavy atom. The highest BCUT2D eigenvalue weighted by Crippen LogP contribution is 2.37. The monoisotopic (exact) mass is 643 g/mol. The number of aliphatic hydroxyl groups excluding tert-OH is 1. The van der Waals surface area contributed by atoms with Gasteiger partial charge in [0.25, 0.3) is 8.32 Å². The molecule has 0 spiro atoms. The second-order valence-electron chi connectivity index (χ2n) is 13.1. The maximum absolute atomic E-state index is 9.87. The molecule has 3 aromatic heterocycles. The first-order valence-electron chi connectivity index (χ1n) is 16.4. The predicted molar refractivity (Wildman–Crippen MR) is 191 cm³/mol. The van der Waals surface area contributed by atoms with Crippen LogP contribution in [0.4, 0.5) is 5.82 Å². The van der Waals surface area contributed by atoms with E-state index >= 15 is 0 Å². The third-order valence-electron chi connectivity index (χ3n) is 8.99. The highest BCUT2D eigenvalue weighted by Gasteiger charge is 2.50. The van der Waals surface area contributed by atoms with Gasteiger partial charge in [-0.3, -0.25) is 9.67 Å². The molecule has 241 valence electrons. The second kappa shape index (κ2) is 14.1. The molecule has 8 nitrogen and oxygen atoms in total. The zero-order valence-electron chi connectivity index (χ0n) is 27.6. The SMILES string of the molecule is CCC[C@@H](CCO[Si](c1ccccc1)(c1ccccc1)C(C)(C)C)Nc1n[c]nc2cnn(Cc3ccc(CO)c4cccnc34)c12. The largest absolute Gasteiger partial charge is 0.407 e. The van der Waals surface area contributed by atoms with Crippen molar-refractivity contribution in [2.45, 2.75) is 71.2 Å². The molecular weight excluding hydrogens is 601 g/mol. The van der Waals surface area contributed by atoms with Gasteiger partial charge in [-0.15, -0.1) is 0 Å². The first kappa shape index (κ1) is 32.5. The standard InChI is InChI=1S/C38H43N6O2Si/c1-5-13-30(21-23-46-47(38(2,3)4,31-14-8-6-9-15-31)32-16-10-7-11-17-32)43-37-36-34(40-27-41-37)24-42-44(36)25-28-19-20-29(26-45)33-18-12-22-39-35(28)33/h6-12,14-20,22,24,30,45H,5,13,21,23,25-26H2,1-4H3,(H,40,41,43)/t30-/m0/s1. The fourth-order valence-corrected chi connectivity index (χ4v) is 11.3. The Morgan fingerprint density at radius 2 is 1.60 bits per heavy atom. The lowest BCUT2D eigenvalue weighted by Gasteiger charge is -2.43. The van der Waals surface area contributed by atoms with Gasteiger partial charge < -0.3 is 14.8 Å². The summed E-state index contributed by atoms with van der Waals surface area (Å²) < 4.78 is 9.16. The molecule has 3 aromatic carbocycles. The van der Waals surface area contributed by atoms with Crippen LogP contribution in [0.3, 0.4) is 0 Å². The maximum atomic E-state index is 9.87.